The topological polar surface area (TPSA) is 98.2 Å². The molecule has 1 heterocycles. The first-order valence-corrected chi connectivity index (χ1v) is 6.21. The molecule has 0 atom stereocenters. The summed E-state index contributed by atoms with van der Waals surface area (Å²) in [6, 6.07) is 0.135. The summed E-state index contributed by atoms with van der Waals surface area (Å²) in [6.07, 6.45) is 0.351. The summed E-state index contributed by atoms with van der Waals surface area (Å²) in [5.41, 5.74) is 11.5. The lowest BCUT2D eigenvalue weighted by atomic mass is 10.1. The van der Waals surface area contributed by atoms with Crippen LogP contribution in [0.4, 0.5) is 10.7 Å². The van der Waals surface area contributed by atoms with Crippen LogP contribution in [0.5, 0.6) is 0 Å². The zero-order valence-corrected chi connectivity index (χ0v) is 11.0. The molecule has 1 aromatic rings. The SMILES string of the molecule is CCC(=O)c1sc(NC(C)C)c(C(N)=O)c1N. The van der Waals surface area contributed by atoms with Gasteiger partial charge in [-0.05, 0) is 13.8 Å². The van der Waals surface area contributed by atoms with Crippen LogP contribution in [0.3, 0.4) is 0 Å². The standard InChI is InChI=1S/C11H17N3O2S/c1-4-6(15)9-8(12)7(10(13)16)11(17-9)14-5(2)3/h5,14H,4,12H2,1-3H3,(H2,13,16). The number of ketones is 1. The first-order valence-electron chi connectivity index (χ1n) is 5.40. The molecule has 1 amide bonds. The number of nitrogens with two attached hydrogens (primary N) is 2. The number of anilines is 2. The molecular weight excluding hydrogens is 238 g/mol. The molecule has 0 aliphatic carbocycles. The van der Waals surface area contributed by atoms with E-state index in [0.717, 1.165) is 0 Å². The van der Waals surface area contributed by atoms with E-state index in [-0.39, 0.29) is 23.1 Å². The van der Waals surface area contributed by atoms with Crippen molar-refractivity contribution in [2.24, 2.45) is 5.73 Å². The third-order valence-corrected chi connectivity index (χ3v) is 3.36. The van der Waals surface area contributed by atoms with Crippen molar-refractivity contribution in [3.05, 3.63) is 10.4 Å². The fourth-order valence-electron chi connectivity index (χ4n) is 1.42. The second-order valence-corrected chi connectivity index (χ2v) is 5.01. The van der Waals surface area contributed by atoms with Gasteiger partial charge in [0.05, 0.1) is 16.1 Å². The number of amides is 1. The van der Waals surface area contributed by atoms with Crippen molar-refractivity contribution >= 4 is 33.7 Å². The molecular formula is C11H17N3O2S. The summed E-state index contributed by atoms with van der Waals surface area (Å²) in [5, 5.41) is 3.65. The molecule has 1 aromatic heterocycles. The van der Waals surface area contributed by atoms with Gasteiger partial charge in [0, 0.05) is 12.5 Å². The van der Waals surface area contributed by atoms with Crippen molar-refractivity contribution in [3.63, 3.8) is 0 Å². The van der Waals surface area contributed by atoms with Crippen LogP contribution in [-0.4, -0.2) is 17.7 Å². The van der Waals surface area contributed by atoms with Crippen LogP contribution in [-0.2, 0) is 0 Å². The quantitative estimate of drug-likeness (QED) is 0.699. The van der Waals surface area contributed by atoms with Crippen molar-refractivity contribution in [2.75, 3.05) is 11.1 Å². The molecule has 94 valence electrons. The Morgan fingerprint density at radius 2 is 2.00 bits per heavy atom. The van der Waals surface area contributed by atoms with Crippen molar-refractivity contribution in [3.8, 4) is 0 Å². The van der Waals surface area contributed by atoms with Gasteiger partial charge in [-0.25, -0.2) is 0 Å². The van der Waals surface area contributed by atoms with Crippen LogP contribution in [0, 0.1) is 0 Å². The molecule has 5 N–H and O–H groups in total. The Kier molecular flexibility index (Phi) is 4.11. The van der Waals surface area contributed by atoms with Crippen molar-refractivity contribution in [2.45, 2.75) is 33.2 Å². The highest BCUT2D eigenvalue weighted by Crippen LogP contribution is 2.36. The van der Waals surface area contributed by atoms with Gasteiger partial charge in [0.15, 0.2) is 5.78 Å². The lowest BCUT2D eigenvalue weighted by Crippen LogP contribution is -2.17. The Morgan fingerprint density at radius 1 is 1.41 bits per heavy atom. The van der Waals surface area contributed by atoms with Gasteiger partial charge in [-0.3, -0.25) is 9.59 Å². The molecule has 0 saturated carbocycles. The third kappa shape index (κ3) is 2.76. The number of hydrogen-bond donors (Lipinski definition) is 3. The number of nitrogen functional groups attached to an aromatic ring is 1. The lowest BCUT2D eigenvalue weighted by molar-refractivity contribution is 0.0991. The third-order valence-electron chi connectivity index (χ3n) is 2.19. The molecule has 0 aliphatic rings. The van der Waals surface area contributed by atoms with E-state index in [1.165, 1.54) is 11.3 Å². The molecule has 6 heteroatoms. The van der Waals surface area contributed by atoms with Gasteiger partial charge in [0.1, 0.15) is 5.00 Å². The second kappa shape index (κ2) is 5.18. The average molecular weight is 255 g/mol. The summed E-state index contributed by atoms with van der Waals surface area (Å²) < 4.78 is 0. The van der Waals surface area contributed by atoms with Gasteiger partial charge in [0.2, 0.25) is 0 Å². The fourth-order valence-corrected chi connectivity index (χ4v) is 2.70. The monoisotopic (exact) mass is 255 g/mol. The van der Waals surface area contributed by atoms with Crippen LogP contribution >= 0.6 is 11.3 Å². The number of thiophene rings is 1. The smallest absolute Gasteiger partial charge is 0.253 e. The predicted molar refractivity (Wildman–Crippen MR) is 70.6 cm³/mol. The molecule has 17 heavy (non-hydrogen) atoms. The van der Waals surface area contributed by atoms with E-state index in [4.69, 9.17) is 11.5 Å². The number of hydrogen-bond acceptors (Lipinski definition) is 5. The first-order chi connectivity index (χ1) is 7.88. The number of nitrogens with one attached hydrogen (secondary N) is 1. The Labute approximate surface area is 104 Å². The van der Waals surface area contributed by atoms with E-state index in [1.54, 1.807) is 6.92 Å². The summed E-state index contributed by atoms with van der Waals surface area (Å²) in [4.78, 5) is 23.4. The van der Waals surface area contributed by atoms with Crippen LogP contribution in [0.2, 0.25) is 0 Å². The van der Waals surface area contributed by atoms with E-state index < -0.39 is 5.91 Å². The number of carbonyl (C=O) groups is 2. The Bertz CT molecular complexity index is 452. The second-order valence-electron chi connectivity index (χ2n) is 3.99. The van der Waals surface area contributed by atoms with Crippen LogP contribution in [0.25, 0.3) is 0 Å². The largest absolute Gasteiger partial charge is 0.397 e. The van der Waals surface area contributed by atoms with Crippen LogP contribution in [0.1, 0.15) is 47.2 Å². The normalized spacial score (nSPS) is 10.6. The fraction of sp³-hybridized carbons (Fsp3) is 0.455. The van der Waals surface area contributed by atoms with Gasteiger partial charge in [-0.2, -0.15) is 0 Å². The van der Waals surface area contributed by atoms with Gasteiger partial charge in [0.25, 0.3) is 5.91 Å². The zero-order valence-electron chi connectivity index (χ0n) is 10.2. The molecule has 0 aliphatic heterocycles. The Morgan fingerprint density at radius 3 is 2.41 bits per heavy atom. The average Bonchev–Trinajstić information content (AvgIpc) is 2.53. The summed E-state index contributed by atoms with van der Waals surface area (Å²) in [7, 11) is 0. The van der Waals surface area contributed by atoms with Crippen LogP contribution in [0.15, 0.2) is 0 Å². The minimum atomic E-state index is -0.614. The maximum Gasteiger partial charge on any atom is 0.253 e. The van der Waals surface area contributed by atoms with Gasteiger partial charge in [-0.1, -0.05) is 6.92 Å². The van der Waals surface area contributed by atoms with E-state index >= 15 is 0 Å². The van der Waals surface area contributed by atoms with Gasteiger partial charge < -0.3 is 16.8 Å². The molecule has 0 fully saturated rings. The molecule has 0 bridgehead atoms. The molecule has 0 unspecified atom stereocenters. The number of rotatable bonds is 5. The highest BCUT2D eigenvalue weighted by molar-refractivity contribution is 7.19. The molecule has 0 radical (unpaired) electrons. The zero-order chi connectivity index (χ0) is 13.2. The Balaban J connectivity index is 3.29. The first kappa shape index (κ1) is 13.5. The van der Waals surface area contributed by atoms with Crippen molar-refractivity contribution in [1.82, 2.24) is 0 Å². The van der Waals surface area contributed by atoms with E-state index in [0.29, 0.717) is 16.3 Å². The van der Waals surface area contributed by atoms with Crippen LogP contribution < -0.4 is 16.8 Å². The molecule has 5 nitrogen and oxygen atoms in total. The van der Waals surface area contributed by atoms with Crippen molar-refractivity contribution < 1.29 is 9.59 Å². The molecule has 0 aromatic carbocycles. The van der Waals surface area contributed by atoms with E-state index in [2.05, 4.69) is 5.32 Å². The number of carbonyl (C=O) groups excluding carboxylic acids is 2. The predicted octanol–water partition coefficient (Wildman–Crippen LogP) is 1.84. The highest BCUT2D eigenvalue weighted by atomic mass is 32.1. The lowest BCUT2D eigenvalue weighted by Gasteiger charge is -2.08. The number of Topliss-reactive ketones (excluding diaryl/α,β-unsaturated/α-hetero) is 1. The molecule has 1 rings (SSSR count). The van der Waals surface area contributed by atoms with Gasteiger partial charge in [-0.15, -0.1) is 11.3 Å². The van der Waals surface area contributed by atoms with E-state index in [9.17, 15) is 9.59 Å². The minimum Gasteiger partial charge on any atom is -0.397 e. The van der Waals surface area contributed by atoms with Crippen molar-refractivity contribution in [1.29, 1.82) is 0 Å². The van der Waals surface area contributed by atoms with Gasteiger partial charge >= 0.3 is 0 Å². The summed E-state index contributed by atoms with van der Waals surface area (Å²) in [5.74, 6) is -0.691. The number of primary amides is 1. The van der Waals surface area contributed by atoms with E-state index in [1.807, 2.05) is 13.8 Å². The Hall–Kier alpha value is -1.56. The summed E-state index contributed by atoms with van der Waals surface area (Å²) in [6.45, 7) is 5.62. The maximum atomic E-state index is 11.7. The maximum absolute atomic E-state index is 11.7. The summed E-state index contributed by atoms with van der Waals surface area (Å²) >= 11 is 1.19. The highest BCUT2D eigenvalue weighted by Gasteiger charge is 2.23. The molecule has 0 saturated heterocycles. The molecule has 0 spiro atoms. The minimum absolute atomic E-state index is 0.0770.